The van der Waals surface area contributed by atoms with Crippen LogP contribution < -0.4 is 0 Å². The second-order valence-electron chi connectivity index (χ2n) is 8.63. The van der Waals surface area contributed by atoms with Crippen molar-refractivity contribution in [1.29, 1.82) is 0 Å². The third-order valence-electron chi connectivity index (χ3n) is 6.76. The van der Waals surface area contributed by atoms with Crippen molar-refractivity contribution in [2.45, 2.75) is 31.2 Å². The summed E-state index contributed by atoms with van der Waals surface area (Å²) in [4.78, 5) is 43.5. The van der Waals surface area contributed by atoms with Gasteiger partial charge in [0.05, 0.1) is 12.8 Å². The molecule has 2 fully saturated rings. The number of carbonyl (C=O) groups is 3. The first-order valence-corrected chi connectivity index (χ1v) is 11.4. The minimum atomic E-state index is -2.37. The number of nitrogens with zero attached hydrogens (tertiary/aromatic N) is 2. The minimum Gasteiger partial charge on any atom is -0.466 e. The van der Waals surface area contributed by atoms with Crippen LogP contribution >= 0.6 is 23.2 Å². The number of aliphatic hydroxyl groups is 1. The van der Waals surface area contributed by atoms with Gasteiger partial charge in [-0.1, -0.05) is 59.6 Å². The summed E-state index contributed by atoms with van der Waals surface area (Å²) in [6.45, 7) is 1.33. The standard InChI is InChI=1S/C25H20Cl2N2O5/c1-24-20(21(30)28(22(24)31)13-15-7-3-2-4-8-15)25(33,19-11-6-12-34-19)23(32)29(24)14-16-17(26)9-5-10-18(16)27/h2-12,20,33H,13-14H2,1H3/t20-,24-,25+/m1/s1. The number of amides is 3. The maximum atomic E-state index is 13.8. The topological polar surface area (TPSA) is 91.1 Å². The summed E-state index contributed by atoms with van der Waals surface area (Å²) in [6.07, 6.45) is 1.30. The largest absolute Gasteiger partial charge is 0.466 e. The molecule has 2 saturated heterocycles. The van der Waals surface area contributed by atoms with Gasteiger partial charge >= 0.3 is 0 Å². The van der Waals surface area contributed by atoms with E-state index in [4.69, 9.17) is 27.6 Å². The predicted molar refractivity (Wildman–Crippen MR) is 124 cm³/mol. The van der Waals surface area contributed by atoms with Crippen LogP contribution in [0.15, 0.2) is 71.3 Å². The van der Waals surface area contributed by atoms with Crippen LogP contribution in [-0.4, -0.2) is 38.2 Å². The molecule has 2 aliphatic rings. The van der Waals surface area contributed by atoms with E-state index in [0.29, 0.717) is 15.6 Å². The van der Waals surface area contributed by atoms with Crippen LogP contribution in [0.5, 0.6) is 0 Å². The second-order valence-corrected chi connectivity index (χ2v) is 9.45. The highest BCUT2D eigenvalue weighted by atomic mass is 35.5. The fourth-order valence-electron chi connectivity index (χ4n) is 5.03. The maximum Gasteiger partial charge on any atom is 0.264 e. The molecular formula is C25H20Cl2N2O5. The number of rotatable bonds is 5. The van der Waals surface area contributed by atoms with Gasteiger partial charge in [0.2, 0.25) is 11.5 Å². The van der Waals surface area contributed by atoms with Crippen molar-refractivity contribution < 1.29 is 23.9 Å². The Labute approximate surface area is 205 Å². The van der Waals surface area contributed by atoms with Crippen LogP contribution in [0.2, 0.25) is 10.0 Å². The van der Waals surface area contributed by atoms with Gasteiger partial charge in [-0.05, 0) is 36.8 Å². The van der Waals surface area contributed by atoms with Gasteiger partial charge in [0.1, 0.15) is 17.2 Å². The highest BCUT2D eigenvalue weighted by molar-refractivity contribution is 6.36. The first-order chi connectivity index (χ1) is 16.2. The van der Waals surface area contributed by atoms with Gasteiger partial charge in [0.25, 0.3) is 11.8 Å². The smallest absolute Gasteiger partial charge is 0.264 e. The summed E-state index contributed by atoms with van der Waals surface area (Å²) < 4.78 is 5.40. The van der Waals surface area contributed by atoms with E-state index < -0.39 is 34.8 Å². The van der Waals surface area contributed by atoms with E-state index >= 15 is 0 Å². The third-order valence-corrected chi connectivity index (χ3v) is 7.47. The van der Waals surface area contributed by atoms with Crippen LogP contribution in [0.25, 0.3) is 0 Å². The molecule has 174 valence electrons. The number of benzene rings is 2. The van der Waals surface area contributed by atoms with Crippen molar-refractivity contribution in [2.24, 2.45) is 5.92 Å². The molecule has 2 aromatic carbocycles. The van der Waals surface area contributed by atoms with Crippen molar-refractivity contribution in [3.8, 4) is 0 Å². The fourth-order valence-corrected chi connectivity index (χ4v) is 5.54. The quantitative estimate of drug-likeness (QED) is 0.540. The molecule has 7 nitrogen and oxygen atoms in total. The van der Waals surface area contributed by atoms with Crippen molar-refractivity contribution in [3.05, 3.63) is 93.9 Å². The van der Waals surface area contributed by atoms with E-state index in [-0.39, 0.29) is 18.8 Å². The summed E-state index contributed by atoms with van der Waals surface area (Å²) in [5.41, 5.74) is -2.91. The second kappa shape index (κ2) is 7.98. The molecule has 3 amide bonds. The maximum absolute atomic E-state index is 13.8. The molecule has 0 spiro atoms. The van der Waals surface area contributed by atoms with Crippen molar-refractivity contribution in [3.63, 3.8) is 0 Å². The van der Waals surface area contributed by atoms with Crippen LogP contribution in [0.1, 0.15) is 23.8 Å². The highest BCUT2D eigenvalue weighted by Gasteiger charge is 2.76. The summed E-state index contributed by atoms with van der Waals surface area (Å²) in [5.74, 6) is -3.60. The van der Waals surface area contributed by atoms with Crippen LogP contribution in [0.3, 0.4) is 0 Å². The molecule has 0 bridgehead atoms. The molecule has 3 aromatic rings. The van der Waals surface area contributed by atoms with Crippen LogP contribution in [-0.2, 0) is 33.1 Å². The average molecular weight is 499 g/mol. The Morgan fingerprint density at radius 3 is 2.21 bits per heavy atom. The lowest BCUT2D eigenvalue weighted by Crippen LogP contribution is -2.51. The number of imide groups is 1. The number of carbonyl (C=O) groups excluding carboxylic acids is 3. The number of halogens is 2. The zero-order valence-corrected chi connectivity index (χ0v) is 19.6. The van der Waals surface area contributed by atoms with E-state index in [9.17, 15) is 19.5 Å². The Morgan fingerprint density at radius 2 is 1.59 bits per heavy atom. The number of hydrogen-bond donors (Lipinski definition) is 1. The molecule has 0 saturated carbocycles. The molecule has 3 heterocycles. The lowest BCUT2D eigenvalue weighted by atomic mass is 9.78. The number of furan rings is 1. The van der Waals surface area contributed by atoms with Crippen molar-refractivity contribution in [1.82, 2.24) is 9.80 Å². The van der Waals surface area contributed by atoms with E-state index in [1.54, 1.807) is 42.5 Å². The van der Waals surface area contributed by atoms with E-state index in [1.165, 1.54) is 30.2 Å². The number of likely N-dealkylation sites (tertiary alicyclic amines) is 2. The molecule has 5 rings (SSSR count). The number of fused-ring (bicyclic) bond motifs is 1. The zero-order chi connectivity index (χ0) is 24.3. The molecule has 2 aliphatic heterocycles. The zero-order valence-electron chi connectivity index (χ0n) is 18.1. The summed E-state index contributed by atoms with van der Waals surface area (Å²) in [6, 6.07) is 16.8. The van der Waals surface area contributed by atoms with Crippen molar-refractivity contribution >= 4 is 40.9 Å². The first kappa shape index (κ1) is 22.7. The Morgan fingerprint density at radius 1 is 0.912 bits per heavy atom. The lowest BCUT2D eigenvalue weighted by Gasteiger charge is -2.32. The Bertz CT molecular complexity index is 1280. The molecule has 1 aromatic heterocycles. The molecular weight excluding hydrogens is 479 g/mol. The summed E-state index contributed by atoms with van der Waals surface area (Å²) in [5, 5.41) is 12.4. The molecule has 0 aliphatic carbocycles. The van der Waals surface area contributed by atoms with Crippen molar-refractivity contribution in [2.75, 3.05) is 0 Å². The predicted octanol–water partition coefficient (Wildman–Crippen LogP) is 3.76. The first-order valence-electron chi connectivity index (χ1n) is 10.6. The normalized spacial score (nSPS) is 26.5. The number of hydrogen-bond acceptors (Lipinski definition) is 5. The molecule has 34 heavy (non-hydrogen) atoms. The molecule has 9 heteroatoms. The van der Waals surface area contributed by atoms with Gasteiger partial charge < -0.3 is 14.4 Å². The van der Waals surface area contributed by atoms with Gasteiger partial charge in [-0.3, -0.25) is 19.3 Å². The minimum absolute atomic E-state index is 0.00765. The highest BCUT2D eigenvalue weighted by Crippen LogP contribution is 2.54. The monoisotopic (exact) mass is 498 g/mol. The Kier molecular flexibility index (Phi) is 5.31. The van der Waals surface area contributed by atoms with Gasteiger partial charge in [0.15, 0.2) is 0 Å². The van der Waals surface area contributed by atoms with Gasteiger partial charge in [0, 0.05) is 22.2 Å². The average Bonchev–Trinajstić information content (AvgIpc) is 3.46. The molecule has 1 N–H and O–H groups in total. The fraction of sp³-hybridized carbons (Fsp3) is 0.240. The molecule has 3 atom stereocenters. The van der Waals surface area contributed by atoms with Gasteiger partial charge in [-0.25, -0.2) is 0 Å². The van der Waals surface area contributed by atoms with E-state index in [2.05, 4.69) is 0 Å². The molecule has 0 unspecified atom stereocenters. The van der Waals surface area contributed by atoms with Crippen LogP contribution in [0.4, 0.5) is 0 Å². The van der Waals surface area contributed by atoms with Gasteiger partial charge in [-0.2, -0.15) is 0 Å². The van der Waals surface area contributed by atoms with E-state index in [0.717, 1.165) is 10.5 Å². The Balaban J connectivity index is 1.64. The van der Waals surface area contributed by atoms with E-state index in [1.807, 2.05) is 6.07 Å². The lowest BCUT2D eigenvalue weighted by molar-refractivity contribution is -0.159. The molecule has 0 radical (unpaired) electrons. The van der Waals surface area contributed by atoms with Crippen LogP contribution in [0, 0.1) is 5.92 Å². The Hall–Kier alpha value is -3.13. The SMILES string of the molecule is C[C@]12C(=O)N(Cc3ccccc3)C(=O)[C@H]1[C@@](O)(c1ccco1)C(=O)N2Cc1c(Cl)cccc1Cl. The summed E-state index contributed by atoms with van der Waals surface area (Å²) >= 11 is 12.7. The summed E-state index contributed by atoms with van der Waals surface area (Å²) in [7, 11) is 0. The third kappa shape index (κ3) is 3.04. The van der Waals surface area contributed by atoms with Gasteiger partial charge in [-0.15, -0.1) is 0 Å².